The fourth-order valence-electron chi connectivity index (χ4n) is 1.83. The highest BCUT2D eigenvalue weighted by Crippen LogP contribution is 2.11. The van der Waals surface area contributed by atoms with E-state index in [-0.39, 0.29) is 12.1 Å². The number of hydrogen-bond acceptors (Lipinski definition) is 4. The molecule has 0 aliphatic heterocycles. The molecule has 112 valence electrons. The number of urea groups is 1. The lowest BCUT2D eigenvalue weighted by molar-refractivity contribution is 0.183. The second-order valence-electron chi connectivity index (χ2n) is 4.59. The molecular formula is C14H19N5O2. The fraction of sp³-hybridized carbons (Fsp3) is 0.357. The van der Waals surface area contributed by atoms with Gasteiger partial charge in [-0.2, -0.15) is 5.10 Å². The predicted octanol–water partition coefficient (Wildman–Crippen LogP) is 1.81. The summed E-state index contributed by atoms with van der Waals surface area (Å²) < 4.78 is 6.69. The summed E-state index contributed by atoms with van der Waals surface area (Å²) >= 11 is 0. The van der Waals surface area contributed by atoms with E-state index in [1.165, 1.54) is 0 Å². The van der Waals surface area contributed by atoms with Crippen LogP contribution in [0, 0.1) is 0 Å². The number of ether oxygens (including phenoxy) is 1. The standard InChI is InChI=1S/C14H19N5O2/c1-11(12-3-5-15-6-4-12)17-14(20)18-13-9-16-19(10-13)7-8-21-2/h3-6,9-11H,7-8H2,1-2H3,(H2,17,18,20). The molecule has 2 amide bonds. The first-order valence-electron chi connectivity index (χ1n) is 6.68. The number of pyridine rings is 1. The molecule has 0 fully saturated rings. The molecule has 0 aromatic carbocycles. The molecule has 2 aromatic heterocycles. The Morgan fingerprint density at radius 1 is 1.43 bits per heavy atom. The summed E-state index contributed by atoms with van der Waals surface area (Å²) in [5, 5.41) is 9.74. The molecule has 0 aliphatic rings. The van der Waals surface area contributed by atoms with Crippen LogP contribution in [0.15, 0.2) is 36.9 Å². The average Bonchev–Trinajstić information content (AvgIpc) is 2.93. The minimum Gasteiger partial charge on any atom is -0.383 e. The van der Waals surface area contributed by atoms with Crippen molar-refractivity contribution in [3.05, 3.63) is 42.5 Å². The highest BCUT2D eigenvalue weighted by molar-refractivity contribution is 5.89. The van der Waals surface area contributed by atoms with Crippen LogP contribution in [-0.2, 0) is 11.3 Å². The molecule has 0 saturated carbocycles. The number of anilines is 1. The molecule has 2 rings (SSSR count). The highest BCUT2D eigenvalue weighted by Gasteiger charge is 2.10. The van der Waals surface area contributed by atoms with Crippen molar-refractivity contribution < 1.29 is 9.53 Å². The highest BCUT2D eigenvalue weighted by atomic mass is 16.5. The lowest BCUT2D eigenvalue weighted by Gasteiger charge is -2.14. The third-order valence-corrected chi connectivity index (χ3v) is 2.97. The van der Waals surface area contributed by atoms with E-state index in [9.17, 15) is 4.79 Å². The van der Waals surface area contributed by atoms with Gasteiger partial charge < -0.3 is 15.4 Å². The molecule has 21 heavy (non-hydrogen) atoms. The van der Waals surface area contributed by atoms with E-state index in [1.54, 1.807) is 36.6 Å². The van der Waals surface area contributed by atoms with Gasteiger partial charge in [0.25, 0.3) is 0 Å². The van der Waals surface area contributed by atoms with Gasteiger partial charge in [0.15, 0.2) is 0 Å². The Morgan fingerprint density at radius 3 is 2.90 bits per heavy atom. The number of hydrogen-bond donors (Lipinski definition) is 2. The number of carbonyl (C=O) groups excluding carboxylic acids is 1. The normalized spacial score (nSPS) is 11.9. The molecule has 2 N–H and O–H groups in total. The lowest BCUT2D eigenvalue weighted by atomic mass is 10.1. The van der Waals surface area contributed by atoms with Gasteiger partial charge in [-0.25, -0.2) is 4.79 Å². The molecule has 0 radical (unpaired) electrons. The second-order valence-corrected chi connectivity index (χ2v) is 4.59. The van der Waals surface area contributed by atoms with E-state index in [4.69, 9.17) is 4.74 Å². The topological polar surface area (TPSA) is 81.1 Å². The Morgan fingerprint density at radius 2 is 2.19 bits per heavy atom. The van der Waals surface area contributed by atoms with Gasteiger partial charge in [0.05, 0.1) is 31.1 Å². The summed E-state index contributed by atoms with van der Waals surface area (Å²) in [4.78, 5) is 15.9. The van der Waals surface area contributed by atoms with Gasteiger partial charge in [0.1, 0.15) is 0 Å². The van der Waals surface area contributed by atoms with E-state index in [0.29, 0.717) is 18.8 Å². The summed E-state index contributed by atoms with van der Waals surface area (Å²) in [6.45, 7) is 3.14. The molecule has 0 saturated heterocycles. The average molecular weight is 289 g/mol. The zero-order valence-electron chi connectivity index (χ0n) is 12.1. The minimum atomic E-state index is -0.273. The predicted molar refractivity (Wildman–Crippen MR) is 78.9 cm³/mol. The van der Waals surface area contributed by atoms with Crippen molar-refractivity contribution in [2.75, 3.05) is 19.0 Å². The summed E-state index contributed by atoms with van der Waals surface area (Å²) in [7, 11) is 1.64. The molecule has 2 heterocycles. The number of nitrogens with zero attached hydrogens (tertiary/aromatic N) is 3. The van der Waals surface area contributed by atoms with E-state index >= 15 is 0 Å². The van der Waals surface area contributed by atoms with Crippen molar-refractivity contribution in [2.24, 2.45) is 0 Å². The first kappa shape index (κ1) is 15.0. The maximum atomic E-state index is 11.9. The van der Waals surface area contributed by atoms with Crippen molar-refractivity contribution in [3.63, 3.8) is 0 Å². The van der Waals surface area contributed by atoms with Crippen LogP contribution in [0.25, 0.3) is 0 Å². The van der Waals surface area contributed by atoms with Crippen LogP contribution < -0.4 is 10.6 Å². The molecule has 2 aromatic rings. The summed E-state index contributed by atoms with van der Waals surface area (Å²) in [6, 6.07) is 3.36. The molecular weight excluding hydrogens is 270 g/mol. The van der Waals surface area contributed by atoms with Crippen molar-refractivity contribution in [1.29, 1.82) is 0 Å². The van der Waals surface area contributed by atoms with Crippen molar-refractivity contribution >= 4 is 11.7 Å². The summed E-state index contributed by atoms with van der Waals surface area (Å²) in [6.07, 6.45) is 6.76. The SMILES string of the molecule is COCCn1cc(NC(=O)NC(C)c2ccncc2)cn1. The fourth-order valence-corrected chi connectivity index (χ4v) is 1.83. The second kappa shape index (κ2) is 7.39. The van der Waals surface area contributed by atoms with Gasteiger partial charge in [-0.05, 0) is 24.6 Å². The number of amides is 2. The Hall–Kier alpha value is -2.41. The molecule has 0 bridgehead atoms. The largest absolute Gasteiger partial charge is 0.383 e. The smallest absolute Gasteiger partial charge is 0.319 e. The quantitative estimate of drug-likeness (QED) is 0.849. The van der Waals surface area contributed by atoms with Gasteiger partial charge in [-0.3, -0.25) is 9.67 Å². The van der Waals surface area contributed by atoms with Crippen molar-refractivity contribution in [2.45, 2.75) is 19.5 Å². The van der Waals surface area contributed by atoms with Gasteiger partial charge in [0.2, 0.25) is 0 Å². The molecule has 7 nitrogen and oxygen atoms in total. The van der Waals surface area contributed by atoms with E-state index < -0.39 is 0 Å². The molecule has 7 heteroatoms. The Bertz CT molecular complexity index is 570. The third-order valence-electron chi connectivity index (χ3n) is 2.97. The minimum absolute atomic E-state index is 0.100. The van der Waals surface area contributed by atoms with Crippen LogP contribution in [0.1, 0.15) is 18.5 Å². The first-order chi connectivity index (χ1) is 10.2. The van der Waals surface area contributed by atoms with Crippen molar-refractivity contribution in [1.82, 2.24) is 20.1 Å². The van der Waals surface area contributed by atoms with E-state index in [0.717, 1.165) is 5.56 Å². The molecule has 0 aliphatic carbocycles. The van der Waals surface area contributed by atoms with Gasteiger partial charge in [-0.1, -0.05) is 0 Å². The number of carbonyl (C=O) groups is 1. The monoisotopic (exact) mass is 289 g/mol. The number of nitrogens with one attached hydrogen (secondary N) is 2. The molecule has 1 unspecified atom stereocenters. The van der Waals surface area contributed by atoms with Crippen LogP contribution in [0.4, 0.5) is 10.5 Å². The van der Waals surface area contributed by atoms with Crippen LogP contribution in [0.5, 0.6) is 0 Å². The Balaban J connectivity index is 1.85. The Kier molecular flexibility index (Phi) is 5.28. The lowest BCUT2D eigenvalue weighted by Crippen LogP contribution is -2.31. The maximum absolute atomic E-state index is 11.9. The van der Waals surface area contributed by atoms with Crippen LogP contribution >= 0.6 is 0 Å². The van der Waals surface area contributed by atoms with Crippen LogP contribution in [0.2, 0.25) is 0 Å². The maximum Gasteiger partial charge on any atom is 0.319 e. The zero-order valence-corrected chi connectivity index (χ0v) is 12.1. The zero-order chi connectivity index (χ0) is 15.1. The molecule has 0 spiro atoms. The van der Waals surface area contributed by atoms with Gasteiger partial charge in [-0.15, -0.1) is 0 Å². The Labute approximate surface area is 123 Å². The van der Waals surface area contributed by atoms with Crippen molar-refractivity contribution in [3.8, 4) is 0 Å². The van der Waals surface area contributed by atoms with E-state index in [1.807, 2.05) is 19.1 Å². The van der Waals surface area contributed by atoms with Gasteiger partial charge >= 0.3 is 6.03 Å². The van der Waals surface area contributed by atoms with E-state index in [2.05, 4.69) is 20.7 Å². The van der Waals surface area contributed by atoms with Crippen LogP contribution in [-0.4, -0.2) is 34.5 Å². The number of aromatic nitrogens is 3. The first-order valence-corrected chi connectivity index (χ1v) is 6.68. The molecule has 1 atom stereocenters. The summed E-state index contributed by atoms with van der Waals surface area (Å²) in [5.41, 5.74) is 1.64. The summed E-state index contributed by atoms with van der Waals surface area (Å²) in [5.74, 6) is 0. The third kappa shape index (κ3) is 4.57. The van der Waals surface area contributed by atoms with Gasteiger partial charge in [0, 0.05) is 25.7 Å². The van der Waals surface area contributed by atoms with Crippen LogP contribution in [0.3, 0.4) is 0 Å². The number of rotatable bonds is 6. The number of methoxy groups -OCH3 is 1.